The Bertz CT molecular complexity index is 426. The number of guanidine groups is 1. The summed E-state index contributed by atoms with van der Waals surface area (Å²) in [6.45, 7) is 11.3. The molecule has 0 saturated heterocycles. The van der Waals surface area contributed by atoms with E-state index < -0.39 is 0 Å². The smallest absolute Gasteiger partial charge is 0.193 e. The number of aliphatic imine (C=N–C) groups is 1. The minimum absolute atomic E-state index is 0.821. The zero-order valence-electron chi connectivity index (χ0n) is 13.5. The van der Waals surface area contributed by atoms with Crippen LogP contribution in [0.5, 0.6) is 0 Å². The molecule has 4 nitrogen and oxygen atoms in total. The average molecular weight is 296 g/mol. The Morgan fingerprint density at radius 2 is 2.10 bits per heavy atom. The van der Waals surface area contributed by atoms with Crippen molar-refractivity contribution in [1.82, 2.24) is 15.2 Å². The monoisotopic (exact) mass is 296 g/mol. The Kier molecular flexibility index (Phi) is 7.59. The van der Waals surface area contributed by atoms with Crippen molar-refractivity contribution in [2.45, 2.75) is 47.0 Å². The van der Waals surface area contributed by atoms with E-state index in [4.69, 9.17) is 4.99 Å². The van der Waals surface area contributed by atoms with Gasteiger partial charge >= 0.3 is 0 Å². The Morgan fingerprint density at radius 3 is 2.65 bits per heavy atom. The van der Waals surface area contributed by atoms with Gasteiger partial charge in [-0.3, -0.25) is 4.99 Å². The summed E-state index contributed by atoms with van der Waals surface area (Å²) in [4.78, 5) is 12.8. The fourth-order valence-corrected chi connectivity index (χ4v) is 2.97. The molecule has 0 amide bonds. The van der Waals surface area contributed by atoms with E-state index in [-0.39, 0.29) is 0 Å². The first-order valence-electron chi connectivity index (χ1n) is 7.50. The standard InChI is InChI=1S/C15H28N4S/c1-6-8-11-19(5)15(16-7-2)17-10-9-14-12(3)18-13(4)20-14/h6-11H2,1-5H3,(H,16,17). The average Bonchev–Trinajstić information content (AvgIpc) is 2.73. The molecular weight excluding hydrogens is 268 g/mol. The Balaban J connectivity index is 2.56. The highest BCUT2D eigenvalue weighted by atomic mass is 32.1. The number of nitrogens with one attached hydrogen (secondary N) is 1. The van der Waals surface area contributed by atoms with Gasteiger partial charge in [0.25, 0.3) is 0 Å². The van der Waals surface area contributed by atoms with Gasteiger partial charge in [-0.15, -0.1) is 11.3 Å². The van der Waals surface area contributed by atoms with E-state index in [1.54, 1.807) is 11.3 Å². The fourth-order valence-electron chi connectivity index (χ4n) is 2.04. The number of hydrogen-bond donors (Lipinski definition) is 1. The predicted molar refractivity (Wildman–Crippen MR) is 88.8 cm³/mol. The number of rotatable bonds is 7. The van der Waals surface area contributed by atoms with Gasteiger partial charge in [-0.25, -0.2) is 4.98 Å². The molecule has 0 aliphatic rings. The molecule has 0 radical (unpaired) electrons. The topological polar surface area (TPSA) is 40.5 Å². The lowest BCUT2D eigenvalue weighted by atomic mass is 10.3. The molecule has 0 aromatic carbocycles. The summed E-state index contributed by atoms with van der Waals surface area (Å²) in [6.07, 6.45) is 3.39. The first-order chi connectivity index (χ1) is 9.58. The van der Waals surface area contributed by atoms with Gasteiger partial charge < -0.3 is 10.2 Å². The van der Waals surface area contributed by atoms with Crippen molar-refractivity contribution in [1.29, 1.82) is 0 Å². The van der Waals surface area contributed by atoms with Crippen molar-refractivity contribution in [3.05, 3.63) is 15.6 Å². The maximum absolute atomic E-state index is 4.72. The molecule has 0 unspecified atom stereocenters. The summed E-state index contributed by atoms with van der Waals surface area (Å²) >= 11 is 1.79. The van der Waals surface area contributed by atoms with Crippen LogP contribution in [-0.4, -0.2) is 42.5 Å². The molecule has 0 spiro atoms. The number of aromatic nitrogens is 1. The lowest BCUT2D eigenvalue weighted by molar-refractivity contribution is 0.465. The third kappa shape index (κ3) is 5.49. The number of unbranched alkanes of at least 4 members (excludes halogenated alkanes) is 1. The molecule has 0 atom stereocenters. The molecule has 5 heteroatoms. The molecule has 20 heavy (non-hydrogen) atoms. The lowest BCUT2D eigenvalue weighted by Gasteiger charge is -2.21. The molecule has 0 aliphatic heterocycles. The van der Waals surface area contributed by atoms with Crippen LogP contribution in [0.25, 0.3) is 0 Å². The predicted octanol–water partition coefficient (Wildman–Crippen LogP) is 3.00. The van der Waals surface area contributed by atoms with E-state index in [1.807, 2.05) is 0 Å². The highest BCUT2D eigenvalue weighted by Gasteiger charge is 2.06. The van der Waals surface area contributed by atoms with Crippen molar-refractivity contribution in [3.63, 3.8) is 0 Å². The van der Waals surface area contributed by atoms with Crippen LogP contribution in [0.1, 0.15) is 42.3 Å². The van der Waals surface area contributed by atoms with Crippen molar-refractivity contribution < 1.29 is 0 Å². The Morgan fingerprint density at radius 1 is 1.35 bits per heavy atom. The zero-order valence-corrected chi connectivity index (χ0v) is 14.3. The molecule has 0 bridgehead atoms. The van der Waals surface area contributed by atoms with Gasteiger partial charge in [0.1, 0.15) is 0 Å². The molecule has 1 N–H and O–H groups in total. The third-order valence-corrected chi connectivity index (χ3v) is 4.28. The molecule has 114 valence electrons. The van der Waals surface area contributed by atoms with Crippen molar-refractivity contribution in [2.75, 3.05) is 26.7 Å². The normalized spacial score (nSPS) is 11.8. The van der Waals surface area contributed by atoms with E-state index in [9.17, 15) is 0 Å². The number of nitrogens with zero attached hydrogens (tertiary/aromatic N) is 3. The Hall–Kier alpha value is -1.10. The molecule has 1 aromatic rings. The number of thiazole rings is 1. The van der Waals surface area contributed by atoms with Crippen molar-refractivity contribution >= 4 is 17.3 Å². The van der Waals surface area contributed by atoms with Gasteiger partial charge in [0.15, 0.2) is 5.96 Å². The van der Waals surface area contributed by atoms with Crippen LogP contribution in [0.3, 0.4) is 0 Å². The first-order valence-corrected chi connectivity index (χ1v) is 8.32. The quantitative estimate of drug-likeness (QED) is 0.621. The molecule has 0 fully saturated rings. The summed E-state index contributed by atoms with van der Waals surface area (Å²) in [5, 5.41) is 4.51. The minimum Gasteiger partial charge on any atom is -0.357 e. The highest BCUT2D eigenvalue weighted by Crippen LogP contribution is 2.17. The molecular formula is C15H28N4S. The number of hydrogen-bond acceptors (Lipinski definition) is 3. The summed E-state index contributed by atoms with van der Waals surface area (Å²) in [6, 6.07) is 0. The van der Waals surface area contributed by atoms with Crippen molar-refractivity contribution in [2.24, 2.45) is 4.99 Å². The van der Waals surface area contributed by atoms with E-state index in [0.717, 1.165) is 42.7 Å². The van der Waals surface area contributed by atoms with Gasteiger partial charge in [-0.05, 0) is 27.2 Å². The SMILES string of the molecule is CCCCN(C)C(=NCCc1sc(C)nc1C)NCC. The van der Waals surface area contributed by atoms with E-state index in [0.29, 0.717) is 0 Å². The van der Waals surface area contributed by atoms with Crippen LogP contribution in [0, 0.1) is 13.8 Å². The van der Waals surface area contributed by atoms with E-state index >= 15 is 0 Å². The van der Waals surface area contributed by atoms with Crippen LogP contribution >= 0.6 is 11.3 Å². The summed E-state index contributed by atoms with van der Waals surface area (Å²) in [5.41, 5.74) is 1.16. The minimum atomic E-state index is 0.821. The third-order valence-electron chi connectivity index (χ3n) is 3.14. The molecule has 0 saturated carbocycles. The molecule has 1 heterocycles. The second-order valence-electron chi connectivity index (χ2n) is 5.00. The Labute approximate surface area is 127 Å². The van der Waals surface area contributed by atoms with Crippen LogP contribution in [0.15, 0.2) is 4.99 Å². The maximum Gasteiger partial charge on any atom is 0.193 e. The molecule has 1 rings (SSSR count). The summed E-state index contributed by atoms with van der Waals surface area (Å²) in [7, 11) is 2.11. The lowest BCUT2D eigenvalue weighted by Crippen LogP contribution is -2.39. The van der Waals surface area contributed by atoms with Crippen LogP contribution in [-0.2, 0) is 6.42 Å². The summed E-state index contributed by atoms with van der Waals surface area (Å²) < 4.78 is 0. The van der Waals surface area contributed by atoms with Crippen LogP contribution in [0.2, 0.25) is 0 Å². The molecule has 0 aliphatic carbocycles. The van der Waals surface area contributed by atoms with Crippen LogP contribution in [0.4, 0.5) is 0 Å². The van der Waals surface area contributed by atoms with Gasteiger partial charge in [0, 0.05) is 38.0 Å². The summed E-state index contributed by atoms with van der Waals surface area (Å²) in [5.74, 6) is 1.01. The van der Waals surface area contributed by atoms with E-state index in [2.05, 4.69) is 49.9 Å². The molecule has 1 aromatic heterocycles. The van der Waals surface area contributed by atoms with Gasteiger partial charge in [0.2, 0.25) is 0 Å². The maximum atomic E-state index is 4.72. The van der Waals surface area contributed by atoms with Gasteiger partial charge in [-0.2, -0.15) is 0 Å². The van der Waals surface area contributed by atoms with E-state index in [1.165, 1.54) is 17.7 Å². The van der Waals surface area contributed by atoms with Crippen LogP contribution < -0.4 is 5.32 Å². The van der Waals surface area contributed by atoms with Gasteiger partial charge in [-0.1, -0.05) is 13.3 Å². The van der Waals surface area contributed by atoms with Gasteiger partial charge in [0.05, 0.1) is 10.7 Å². The largest absolute Gasteiger partial charge is 0.357 e. The highest BCUT2D eigenvalue weighted by molar-refractivity contribution is 7.11. The second-order valence-corrected chi connectivity index (χ2v) is 6.29. The fraction of sp³-hybridized carbons (Fsp3) is 0.733. The second kappa shape index (κ2) is 8.95. The zero-order chi connectivity index (χ0) is 15.0. The van der Waals surface area contributed by atoms with Crippen molar-refractivity contribution in [3.8, 4) is 0 Å². The first kappa shape index (κ1) is 17.0. The number of aryl methyl sites for hydroxylation is 2.